The molecule has 0 atom stereocenters. The molecule has 7 nitrogen and oxygen atoms in total. The summed E-state index contributed by atoms with van der Waals surface area (Å²) >= 11 is 0. The molecule has 1 aliphatic heterocycles. The molecule has 3 aromatic rings. The molecule has 0 spiro atoms. The van der Waals surface area contributed by atoms with E-state index in [-0.39, 0.29) is 18.4 Å². The molecule has 1 aliphatic rings. The normalized spacial score (nSPS) is 11.8. The van der Waals surface area contributed by atoms with Crippen molar-refractivity contribution in [3.8, 4) is 11.5 Å². The van der Waals surface area contributed by atoms with Crippen LogP contribution in [0.3, 0.4) is 0 Å². The Morgan fingerprint density at radius 2 is 1.83 bits per heavy atom. The van der Waals surface area contributed by atoms with Crippen molar-refractivity contribution in [3.63, 3.8) is 0 Å². The molecule has 7 heteroatoms. The summed E-state index contributed by atoms with van der Waals surface area (Å²) in [7, 11) is 0. The van der Waals surface area contributed by atoms with Crippen LogP contribution in [0.25, 0.3) is 0 Å². The average molecular weight is 389 g/mol. The maximum absolute atomic E-state index is 13.0. The number of nitrogens with one attached hydrogen (secondary N) is 1. The summed E-state index contributed by atoms with van der Waals surface area (Å²) in [6, 6.07) is 17.6. The number of carbonyl (C=O) groups excluding carboxylic acids is 2. The van der Waals surface area contributed by atoms with Crippen molar-refractivity contribution in [3.05, 3.63) is 78.1 Å². The molecule has 29 heavy (non-hydrogen) atoms. The zero-order chi connectivity index (χ0) is 20.2. The molecule has 2 heterocycles. The minimum atomic E-state index is -0.415. The Labute approximate surface area is 167 Å². The highest BCUT2D eigenvalue weighted by Crippen LogP contribution is 2.34. The van der Waals surface area contributed by atoms with Crippen LogP contribution in [0, 0.1) is 0 Å². The predicted molar refractivity (Wildman–Crippen MR) is 109 cm³/mol. The van der Waals surface area contributed by atoms with E-state index in [0.29, 0.717) is 29.3 Å². The van der Waals surface area contributed by atoms with Gasteiger partial charge in [0, 0.05) is 35.7 Å². The van der Waals surface area contributed by atoms with E-state index in [1.165, 1.54) is 12.3 Å². The number of amides is 2. The highest BCUT2D eigenvalue weighted by Gasteiger charge is 2.19. The minimum Gasteiger partial charge on any atom is -0.454 e. The first-order valence-corrected chi connectivity index (χ1v) is 9.19. The number of anilines is 2. The third-order valence-corrected chi connectivity index (χ3v) is 4.50. The quantitative estimate of drug-likeness (QED) is 0.719. The Balaban J connectivity index is 1.53. The van der Waals surface area contributed by atoms with Gasteiger partial charge >= 0.3 is 0 Å². The molecule has 1 N–H and O–H groups in total. The molecule has 0 fully saturated rings. The van der Waals surface area contributed by atoms with E-state index < -0.39 is 5.91 Å². The Morgan fingerprint density at radius 3 is 2.62 bits per heavy atom. The van der Waals surface area contributed by atoms with Gasteiger partial charge in [0.15, 0.2) is 11.5 Å². The van der Waals surface area contributed by atoms with Crippen molar-refractivity contribution < 1.29 is 19.1 Å². The van der Waals surface area contributed by atoms with Gasteiger partial charge in [-0.1, -0.05) is 18.2 Å². The van der Waals surface area contributed by atoms with Crippen LogP contribution >= 0.6 is 0 Å². The zero-order valence-corrected chi connectivity index (χ0v) is 15.8. The number of fused-ring (bicyclic) bond motifs is 1. The fraction of sp³-hybridized carbons (Fsp3) is 0.136. The second kappa shape index (κ2) is 8.02. The lowest BCUT2D eigenvalue weighted by molar-refractivity contribution is 0.0988. The molecular weight excluding hydrogens is 370 g/mol. The number of para-hydroxylation sites is 1. The summed E-state index contributed by atoms with van der Waals surface area (Å²) in [4.78, 5) is 31.4. The smallest absolute Gasteiger partial charge is 0.274 e. The van der Waals surface area contributed by atoms with Gasteiger partial charge in [-0.05, 0) is 43.3 Å². The van der Waals surface area contributed by atoms with Crippen molar-refractivity contribution in [2.75, 3.05) is 23.6 Å². The molecule has 0 unspecified atom stereocenters. The van der Waals surface area contributed by atoms with Gasteiger partial charge in [0.2, 0.25) is 6.79 Å². The summed E-state index contributed by atoms with van der Waals surface area (Å²) in [5.74, 6) is 0.593. The summed E-state index contributed by atoms with van der Waals surface area (Å²) in [6.45, 7) is 2.57. The summed E-state index contributed by atoms with van der Waals surface area (Å²) in [5, 5.41) is 2.77. The van der Waals surface area contributed by atoms with Gasteiger partial charge in [0.1, 0.15) is 5.69 Å². The van der Waals surface area contributed by atoms with Crippen molar-refractivity contribution in [2.45, 2.75) is 6.92 Å². The number of rotatable bonds is 5. The van der Waals surface area contributed by atoms with Crippen molar-refractivity contribution >= 4 is 23.2 Å². The van der Waals surface area contributed by atoms with Crippen molar-refractivity contribution in [1.82, 2.24) is 4.98 Å². The maximum Gasteiger partial charge on any atom is 0.274 e. The third-order valence-electron chi connectivity index (χ3n) is 4.50. The standard InChI is InChI=1S/C22H19N3O4/c1-2-25(17-6-4-3-5-7-17)22(27)15-10-11-23-18(12-15)21(26)24-16-8-9-19-20(13-16)29-14-28-19/h3-13H,2,14H2,1H3,(H,24,26). The monoisotopic (exact) mass is 389 g/mol. The molecule has 0 saturated heterocycles. The molecule has 0 radical (unpaired) electrons. The zero-order valence-electron chi connectivity index (χ0n) is 15.8. The number of benzene rings is 2. The lowest BCUT2D eigenvalue weighted by Crippen LogP contribution is -2.30. The number of pyridine rings is 1. The van der Waals surface area contributed by atoms with Gasteiger partial charge in [-0.15, -0.1) is 0 Å². The average Bonchev–Trinajstić information content (AvgIpc) is 3.23. The fourth-order valence-electron chi connectivity index (χ4n) is 3.06. The largest absolute Gasteiger partial charge is 0.454 e. The van der Waals surface area contributed by atoms with Crippen molar-refractivity contribution in [2.24, 2.45) is 0 Å². The lowest BCUT2D eigenvalue weighted by Gasteiger charge is -2.21. The number of nitrogens with zero attached hydrogens (tertiary/aromatic N) is 2. The summed E-state index contributed by atoms with van der Waals surface area (Å²) in [5.41, 5.74) is 1.89. The van der Waals surface area contributed by atoms with E-state index in [1.54, 1.807) is 29.2 Å². The highest BCUT2D eigenvalue weighted by atomic mass is 16.7. The van der Waals surface area contributed by atoms with Crippen LogP contribution in [0.4, 0.5) is 11.4 Å². The fourth-order valence-corrected chi connectivity index (χ4v) is 3.06. The first-order chi connectivity index (χ1) is 14.2. The molecule has 4 rings (SSSR count). The van der Waals surface area contributed by atoms with Crippen LogP contribution < -0.4 is 19.7 Å². The van der Waals surface area contributed by atoms with Crippen LogP contribution in [-0.4, -0.2) is 30.1 Å². The molecule has 0 aliphatic carbocycles. The molecule has 0 saturated carbocycles. The Kier molecular flexibility index (Phi) is 5.11. The first kappa shape index (κ1) is 18.5. The maximum atomic E-state index is 13.0. The minimum absolute atomic E-state index is 0.151. The van der Waals surface area contributed by atoms with E-state index in [4.69, 9.17) is 9.47 Å². The van der Waals surface area contributed by atoms with Gasteiger partial charge in [-0.3, -0.25) is 14.6 Å². The van der Waals surface area contributed by atoms with Gasteiger partial charge in [0.25, 0.3) is 11.8 Å². The number of carbonyl (C=O) groups is 2. The third kappa shape index (κ3) is 3.89. The predicted octanol–water partition coefficient (Wildman–Crippen LogP) is 3.73. The van der Waals surface area contributed by atoms with Crippen molar-refractivity contribution in [1.29, 1.82) is 0 Å². The SMILES string of the molecule is CCN(C(=O)c1ccnc(C(=O)Nc2ccc3c(c2)OCO3)c1)c1ccccc1. The van der Waals surface area contributed by atoms with Crippen LogP contribution in [0.2, 0.25) is 0 Å². The molecule has 0 bridgehead atoms. The number of aromatic nitrogens is 1. The second-order valence-corrected chi connectivity index (χ2v) is 6.34. The molecule has 2 amide bonds. The lowest BCUT2D eigenvalue weighted by atomic mass is 10.1. The Morgan fingerprint density at radius 1 is 1.03 bits per heavy atom. The molecular formula is C22H19N3O4. The first-order valence-electron chi connectivity index (χ1n) is 9.19. The van der Waals surface area contributed by atoms with E-state index >= 15 is 0 Å². The molecule has 146 valence electrons. The van der Waals surface area contributed by atoms with Gasteiger partial charge in [-0.25, -0.2) is 0 Å². The van der Waals surface area contributed by atoms with Crippen LogP contribution in [-0.2, 0) is 0 Å². The van der Waals surface area contributed by atoms with E-state index in [2.05, 4.69) is 10.3 Å². The number of hydrogen-bond donors (Lipinski definition) is 1. The Bertz CT molecular complexity index is 1050. The Hall–Kier alpha value is -3.87. The van der Waals surface area contributed by atoms with Crippen LogP contribution in [0.15, 0.2) is 66.9 Å². The van der Waals surface area contributed by atoms with Gasteiger partial charge in [-0.2, -0.15) is 0 Å². The van der Waals surface area contributed by atoms with E-state index in [1.807, 2.05) is 37.3 Å². The molecule has 2 aromatic carbocycles. The van der Waals surface area contributed by atoms with Gasteiger partial charge < -0.3 is 19.7 Å². The topological polar surface area (TPSA) is 80.8 Å². The molecule has 1 aromatic heterocycles. The second-order valence-electron chi connectivity index (χ2n) is 6.34. The summed E-state index contributed by atoms with van der Waals surface area (Å²) < 4.78 is 10.6. The van der Waals surface area contributed by atoms with E-state index in [0.717, 1.165) is 5.69 Å². The van der Waals surface area contributed by atoms with E-state index in [9.17, 15) is 9.59 Å². The van der Waals surface area contributed by atoms with Crippen LogP contribution in [0.1, 0.15) is 27.8 Å². The van der Waals surface area contributed by atoms with Crippen LogP contribution in [0.5, 0.6) is 11.5 Å². The highest BCUT2D eigenvalue weighted by molar-refractivity contribution is 6.08. The number of hydrogen-bond acceptors (Lipinski definition) is 5. The summed E-state index contributed by atoms with van der Waals surface area (Å²) in [6.07, 6.45) is 1.46. The number of ether oxygens (including phenoxy) is 2. The van der Waals surface area contributed by atoms with Gasteiger partial charge in [0.05, 0.1) is 0 Å².